The molecule has 1 saturated heterocycles. The summed E-state index contributed by atoms with van der Waals surface area (Å²) in [6.45, 7) is 2.31. The second kappa shape index (κ2) is 8.28. The van der Waals surface area contributed by atoms with Crippen LogP contribution >= 0.6 is 11.3 Å². The highest BCUT2D eigenvalue weighted by Crippen LogP contribution is 2.30. The lowest BCUT2D eigenvalue weighted by molar-refractivity contribution is -0.124. The summed E-state index contributed by atoms with van der Waals surface area (Å²) in [5.41, 5.74) is 0.306. The molecule has 2 aliphatic heterocycles. The van der Waals surface area contributed by atoms with E-state index in [0.717, 1.165) is 29.1 Å². The third-order valence-electron chi connectivity index (χ3n) is 4.71. The molecule has 0 bridgehead atoms. The fourth-order valence-electron chi connectivity index (χ4n) is 3.22. The van der Waals surface area contributed by atoms with E-state index in [1.165, 1.54) is 18.2 Å². The molecule has 2 aliphatic rings. The van der Waals surface area contributed by atoms with Gasteiger partial charge in [0.15, 0.2) is 6.61 Å². The predicted octanol–water partition coefficient (Wildman–Crippen LogP) is 1.10. The third-order valence-corrected chi connectivity index (χ3v) is 5.54. The number of anilines is 1. The molecule has 0 unspecified atom stereocenters. The number of ether oxygens (including phenoxy) is 2. The topological polar surface area (TPSA) is 128 Å². The fourth-order valence-corrected chi connectivity index (χ4v) is 3.90. The average molecular weight is 430 g/mol. The lowest BCUT2D eigenvalue weighted by Crippen LogP contribution is -2.34. The fraction of sp³-hybridized carbons (Fsp3) is 0.368. The van der Waals surface area contributed by atoms with Crippen LogP contribution in [0.1, 0.15) is 48.9 Å². The van der Waals surface area contributed by atoms with Gasteiger partial charge in [0.05, 0.1) is 22.8 Å². The second-order valence-electron chi connectivity index (χ2n) is 6.82. The standard InChI is InChI=1S/C19H18N4O6S/c1-10-21-22-19(30-10)23-16(25)13-5-4-11(7-14(13)17(23)26)18(27)29-9-15(24)20-8-12-3-2-6-28-12/h4-5,7,12H,2-3,6,8-9H2,1H3,(H,20,24)/t12-/m1/s1. The van der Waals surface area contributed by atoms with Gasteiger partial charge in [-0.25, -0.2) is 9.69 Å². The van der Waals surface area contributed by atoms with Crippen LogP contribution in [-0.2, 0) is 14.3 Å². The van der Waals surface area contributed by atoms with Crippen LogP contribution in [0, 0.1) is 6.92 Å². The normalized spacial score (nSPS) is 17.9. The minimum atomic E-state index is -0.768. The lowest BCUT2D eigenvalue weighted by atomic mass is 10.1. The number of imide groups is 1. The van der Waals surface area contributed by atoms with Crippen LogP contribution in [0.25, 0.3) is 0 Å². The summed E-state index contributed by atoms with van der Waals surface area (Å²) >= 11 is 1.12. The number of aromatic nitrogens is 2. The van der Waals surface area contributed by atoms with Gasteiger partial charge in [-0.2, -0.15) is 0 Å². The van der Waals surface area contributed by atoms with Crippen LogP contribution in [-0.4, -0.2) is 59.8 Å². The van der Waals surface area contributed by atoms with E-state index in [1.807, 2.05) is 0 Å². The summed E-state index contributed by atoms with van der Waals surface area (Å²) < 4.78 is 10.4. The van der Waals surface area contributed by atoms with Gasteiger partial charge in [-0.05, 0) is 38.0 Å². The Kier molecular flexibility index (Phi) is 5.55. The number of amides is 3. The Balaban J connectivity index is 1.39. The molecule has 2 aromatic rings. The van der Waals surface area contributed by atoms with Crippen LogP contribution in [0.5, 0.6) is 0 Å². The highest BCUT2D eigenvalue weighted by molar-refractivity contribution is 7.15. The average Bonchev–Trinajstić information content (AvgIpc) is 3.46. The summed E-state index contributed by atoms with van der Waals surface area (Å²) in [6.07, 6.45) is 1.84. The van der Waals surface area contributed by atoms with Crippen molar-refractivity contribution in [3.63, 3.8) is 0 Å². The number of aryl methyl sites for hydroxylation is 1. The molecule has 1 fully saturated rings. The van der Waals surface area contributed by atoms with Crippen molar-refractivity contribution in [2.45, 2.75) is 25.9 Å². The number of benzene rings is 1. The maximum absolute atomic E-state index is 12.7. The molecule has 1 N–H and O–H groups in total. The Bertz CT molecular complexity index is 1030. The number of nitrogens with zero attached hydrogens (tertiary/aromatic N) is 3. The minimum Gasteiger partial charge on any atom is -0.452 e. The van der Waals surface area contributed by atoms with Gasteiger partial charge in [0, 0.05) is 13.2 Å². The summed E-state index contributed by atoms with van der Waals surface area (Å²) in [6, 6.07) is 4.05. The van der Waals surface area contributed by atoms with E-state index in [2.05, 4.69) is 15.5 Å². The highest BCUT2D eigenvalue weighted by Gasteiger charge is 2.39. The van der Waals surface area contributed by atoms with Gasteiger partial charge in [-0.1, -0.05) is 11.3 Å². The van der Waals surface area contributed by atoms with Crippen LogP contribution in [0.3, 0.4) is 0 Å². The van der Waals surface area contributed by atoms with Gasteiger partial charge in [-0.3, -0.25) is 14.4 Å². The molecule has 1 aromatic carbocycles. The number of esters is 1. The van der Waals surface area contributed by atoms with Crippen molar-refractivity contribution in [1.29, 1.82) is 0 Å². The number of fused-ring (bicyclic) bond motifs is 1. The molecule has 1 atom stereocenters. The number of carbonyl (C=O) groups excluding carboxylic acids is 4. The van der Waals surface area contributed by atoms with Crippen molar-refractivity contribution in [2.75, 3.05) is 24.7 Å². The zero-order valence-corrected chi connectivity index (χ0v) is 16.9. The van der Waals surface area contributed by atoms with E-state index >= 15 is 0 Å². The lowest BCUT2D eigenvalue weighted by Gasteiger charge is -2.11. The summed E-state index contributed by atoms with van der Waals surface area (Å²) in [5.74, 6) is -2.32. The van der Waals surface area contributed by atoms with Crippen LogP contribution in [0.4, 0.5) is 5.13 Å². The van der Waals surface area contributed by atoms with Gasteiger partial charge in [0.2, 0.25) is 5.13 Å². The molecule has 156 valence electrons. The molecule has 3 heterocycles. The molecule has 3 amide bonds. The number of carbonyl (C=O) groups is 4. The smallest absolute Gasteiger partial charge is 0.338 e. The molecule has 0 saturated carbocycles. The van der Waals surface area contributed by atoms with E-state index < -0.39 is 30.3 Å². The largest absolute Gasteiger partial charge is 0.452 e. The van der Waals surface area contributed by atoms with Gasteiger partial charge in [0.1, 0.15) is 5.01 Å². The predicted molar refractivity (Wildman–Crippen MR) is 104 cm³/mol. The van der Waals surface area contributed by atoms with Gasteiger partial charge in [0.25, 0.3) is 17.7 Å². The van der Waals surface area contributed by atoms with E-state index in [0.29, 0.717) is 18.2 Å². The van der Waals surface area contributed by atoms with Crippen molar-refractivity contribution < 1.29 is 28.7 Å². The van der Waals surface area contributed by atoms with Gasteiger partial charge < -0.3 is 14.8 Å². The molecule has 0 radical (unpaired) electrons. The van der Waals surface area contributed by atoms with E-state index in [-0.39, 0.29) is 27.9 Å². The first-order valence-electron chi connectivity index (χ1n) is 9.32. The number of hydrogen-bond donors (Lipinski definition) is 1. The number of rotatable bonds is 6. The first kappa shape index (κ1) is 20.1. The van der Waals surface area contributed by atoms with Crippen LogP contribution in [0.2, 0.25) is 0 Å². The van der Waals surface area contributed by atoms with E-state index in [4.69, 9.17) is 9.47 Å². The van der Waals surface area contributed by atoms with Gasteiger partial charge in [-0.15, -0.1) is 10.2 Å². The zero-order chi connectivity index (χ0) is 21.3. The maximum atomic E-state index is 12.7. The van der Waals surface area contributed by atoms with Crippen LogP contribution < -0.4 is 10.2 Å². The summed E-state index contributed by atoms with van der Waals surface area (Å²) in [7, 11) is 0. The van der Waals surface area contributed by atoms with Crippen molar-refractivity contribution in [3.05, 3.63) is 39.9 Å². The van der Waals surface area contributed by atoms with Crippen LogP contribution in [0.15, 0.2) is 18.2 Å². The van der Waals surface area contributed by atoms with E-state index in [1.54, 1.807) is 6.92 Å². The molecule has 0 spiro atoms. The molecule has 1 aromatic heterocycles. The van der Waals surface area contributed by atoms with E-state index in [9.17, 15) is 19.2 Å². The molecule has 30 heavy (non-hydrogen) atoms. The monoisotopic (exact) mass is 430 g/mol. The molecular weight excluding hydrogens is 412 g/mol. The summed E-state index contributed by atoms with van der Waals surface area (Å²) in [5, 5.41) is 11.1. The molecular formula is C19H18N4O6S. The Labute approximate surface area is 175 Å². The van der Waals surface area contributed by atoms with Crippen molar-refractivity contribution >= 4 is 40.2 Å². The third kappa shape index (κ3) is 3.94. The SMILES string of the molecule is Cc1nnc(N2C(=O)c3ccc(C(=O)OCC(=O)NC[C@H]4CCCO4)cc3C2=O)s1. The Morgan fingerprint density at radius 2 is 2.07 bits per heavy atom. The molecule has 10 nitrogen and oxygen atoms in total. The van der Waals surface area contributed by atoms with Crippen molar-refractivity contribution in [1.82, 2.24) is 15.5 Å². The maximum Gasteiger partial charge on any atom is 0.338 e. The van der Waals surface area contributed by atoms with Crippen molar-refractivity contribution in [2.24, 2.45) is 0 Å². The zero-order valence-electron chi connectivity index (χ0n) is 16.0. The Hall–Kier alpha value is -3.18. The summed E-state index contributed by atoms with van der Waals surface area (Å²) in [4.78, 5) is 50.3. The first-order chi connectivity index (χ1) is 14.4. The minimum absolute atomic E-state index is 0.00956. The van der Waals surface area contributed by atoms with Crippen molar-refractivity contribution in [3.8, 4) is 0 Å². The first-order valence-corrected chi connectivity index (χ1v) is 10.1. The molecule has 0 aliphatic carbocycles. The quantitative estimate of drug-likeness (QED) is 0.533. The number of hydrogen-bond acceptors (Lipinski definition) is 9. The Morgan fingerprint density at radius 3 is 2.77 bits per heavy atom. The van der Waals surface area contributed by atoms with Gasteiger partial charge >= 0.3 is 5.97 Å². The Morgan fingerprint density at radius 1 is 1.27 bits per heavy atom. The number of nitrogens with one attached hydrogen (secondary N) is 1. The molecule has 11 heteroatoms. The second-order valence-corrected chi connectivity index (χ2v) is 7.99. The molecule has 4 rings (SSSR count). The highest BCUT2D eigenvalue weighted by atomic mass is 32.1.